The predicted molar refractivity (Wildman–Crippen MR) is 111 cm³/mol. The van der Waals surface area contributed by atoms with E-state index < -0.39 is 5.97 Å². The molecule has 0 spiro atoms. The SMILES string of the molecule is COc1cn(-c2ccccc2)nc1C(=O)OCC(=O)N[C@@H]1CCCc2ccccc21. The summed E-state index contributed by atoms with van der Waals surface area (Å²) in [4.78, 5) is 24.9. The number of esters is 1. The number of ether oxygens (including phenoxy) is 2. The zero-order valence-corrected chi connectivity index (χ0v) is 16.7. The summed E-state index contributed by atoms with van der Waals surface area (Å²) in [5.74, 6) is -0.766. The van der Waals surface area contributed by atoms with Crippen molar-refractivity contribution in [1.82, 2.24) is 15.1 Å². The van der Waals surface area contributed by atoms with E-state index in [1.807, 2.05) is 48.5 Å². The van der Waals surface area contributed by atoms with Gasteiger partial charge in [0.05, 0.1) is 25.0 Å². The largest absolute Gasteiger partial charge is 0.493 e. The van der Waals surface area contributed by atoms with Gasteiger partial charge in [-0.05, 0) is 42.5 Å². The van der Waals surface area contributed by atoms with Gasteiger partial charge in [0.25, 0.3) is 5.91 Å². The standard InChI is InChI=1S/C23H23N3O4/c1-29-20-14-26(17-10-3-2-4-11-17)25-22(20)23(28)30-15-21(27)24-19-13-7-9-16-8-5-6-12-18(16)19/h2-6,8,10-12,14,19H,7,9,13,15H2,1H3,(H,24,27)/t19-/m1/s1. The van der Waals surface area contributed by atoms with Gasteiger partial charge in [-0.15, -0.1) is 0 Å². The van der Waals surface area contributed by atoms with Gasteiger partial charge in [0.2, 0.25) is 5.69 Å². The van der Waals surface area contributed by atoms with Crippen LogP contribution in [0.15, 0.2) is 60.8 Å². The van der Waals surface area contributed by atoms with E-state index in [1.54, 1.807) is 6.20 Å². The third-order valence-corrected chi connectivity index (χ3v) is 5.15. The Kier molecular flexibility index (Phi) is 5.79. The number of fused-ring (bicyclic) bond motifs is 1. The maximum Gasteiger partial charge on any atom is 0.363 e. The number of amides is 1. The summed E-state index contributed by atoms with van der Waals surface area (Å²) >= 11 is 0. The minimum absolute atomic E-state index is 0.0252. The number of hydrogen-bond donors (Lipinski definition) is 1. The molecule has 0 fully saturated rings. The molecule has 1 aliphatic rings. The van der Waals surface area contributed by atoms with Crippen molar-refractivity contribution in [1.29, 1.82) is 0 Å². The highest BCUT2D eigenvalue weighted by atomic mass is 16.5. The normalized spacial score (nSPS) is 15.2. The minimum atomic E-state index is -0.708. The van der Waals surface area contributed by atoms with Crippen LogP contribution in [-0.4, -0.2) is 35.4 Å². The summed E-state index contributed by atoms with van der Waals surface area (Å²) in [6.07, 6.45) is 4.49. The first-order valence-corrected chi connectivity index (χ1v) is 9.89. The Balaban J connectivity index is 1.39. The number of rotatable bonds is 6. The number of nitrogens with zero attached hydrogens (tertiary/aromatic N) is 2. The number of benzene rings is 2. The van der Waals surface area contributed by atoms with E-state index in [1.165, 1.54) is 17.4 Å². The quantitative estimate of drug-likeness (QED) is 0.637. The van der Waals surface area contributed by atoms with Gasteiger partial charge in [0.1, 0.15) is 0 Å². The molecular formula is C23H23N3O4. The molecule has 3 aromatic rings. The second kappa shape index (κ2) is 8.82. The highest BCUT2D eigenvalue weighted by Crippen LogP contribution is 2.29. The van der Waals surface area contributed by atoms with E-state index in [0.29, 0.717) is 0 Å². The smallest absolute Gasteiger partial charge is 0.363 e. The van der Waals surface area contributed by atoms with Gasteiger partial charge in [0, 0.05) is 0 Å². The van der Waals surface area contributed by atoms with Crippen LogP contribution in [0.1, 0.15) is 40.5 Å². The zero-order chi connectivity index (χ0) is 20.9. The van der Waals surface area contributed by atoms with Gasteiger partial charge in [0.15, 0.2) is 12.4 Å². The average Bonchev–Trinajstić information content (AvgIpc) is 3.23. The van der Waals surface area contributed by atoms with E-state index >= 15 is 0 Å². The Morgan fingerprint density at radius 2 is 1.90 bits per heavy atom. The lowest BCUT2D eigenvalue weighted by atomic mass is 9.88. The Bertz CT molecular complexity index is 1050. The number of aryl methyl sites for hydroxylation is 1. The molecule has 1 heterocycles. The van der Waals surface area contributed by atoms with Gasteiger partial charge in [-0.3, -0.25) is 4.79 Å². The van der Waals surface area contributed by atoms with E-state index in [2.05, 4.69) is 16.5 Å². The summed E-state index contributed by atoms with van der Waals surface area (Å²) < 4.78 is 12.0. The van der Waals surface area contributed by atoms with Crippen LogP contribution in [0.3, 0.4) is 0 Å². The number of para-hydroxylation sites is 1. The zero-order valence-electron chi connectivity index (χ0n) is 16.7. The molecule has 0 bridgehead atoms. The maximum atomic E-state index is 12.5. The maximum absolute atomic E-state index is 12.5. The van der Waals surface area contributed by atoms with Crippen molar-refractivity contribution in [3.8, 4) is 11.4 Å². The molecule has 154 valence electrons. The van der Waals surface area contributed by atoms with Crippen molar-refractivity contribution in [3.63, 3.8) is 0 Å². The molecule has 0 saturated heterocycles. The molecule has 2 aromatic carbocycles. The van der Waals surface area contributed by atoms with Gasteiger partial charge < -0.3 is 14.8 Å². The van der Waals surface area contributed by atoms with Crippen LogP contribution in [0, 0.1) is 0 Å². The minimum Gasteiger partial charge on any atom is -0.493 e. The van der Waals surface area contributed by atoms with E-state index in [0.717, 1.165) is 30.5 Å². The Labute approximate surface area is 174 Å². The van der Waals surface area contributed by atoms with Crippen molar-refractivity contribution in [2.24, 2.45) is 0 Å². The molecule has 1 amide bonds. The highest BCUT2D eigenvalue weighted by molar-refractivity contribution is 5.92. The van der Waals surface area contributed by atoms with Gasteiger partial charge in [-0.2, -0.15) is 5.10 Å². The molecule has 1 N–H and O–H groups in total. The van der Waals surface area contributed by atoms with Crippen molar-refractivity contribution in [2.75, 3.05) is 13.7 Å². The molecule has 1 aromatic heterocycles. The molecule has 0 unspecified atom stereocenters. The first-order valence-electron chi connectivity index (χ1n) is 9.89. The number of carbonyl (C=O) groups excluding carboxylic acids is 2. The van der Waals surface area contributed by atoms with Gasteiger partial charge in [-0.25, -0.2) is 9.48 Å². The predicted octanol–water partition coefficient (Wildman–Crippen LogP) is 3.23. The highest BCUT2D eigenvalue weighted by Gasteiger charge is 2.24. The fourth-order valence-corrected chi connectivity index (χ4v) is 3.70. The van der Waals surface area contributed by atoms with Crippen molar-refractivity contribution in [3.05, 3.63) is 77.6 Å². The summed E-state index contributed by atoms with van der Waals surface area (Å²) in [5, 5.41) is 7.23. The first kappa shape index (κ1) is 19.7. The monoisotopic (exact) mass is 405 g/mol. The Hall–Kier alpha value is -3.61. The van der Waals surface area contributed by atoms with E-state index in [9.17, 15) is 9.59 Å². The summed E-state index contributed by atoms with van der Waals surface area (Å²) in [7, 11) is 1.45. The van der Waals surface area contributed by atoms with Crippen LogP contribution in [-0.2, 0) is 16.0 Å². The van der Waals surface area contributed by atoms with Crippen LogP contribution >= 0.6 is 0 Å². The van der Waals surface area contributed by atoms with Crippen LogP contribution < -0.4 is 10.1 Å². The van der Waals surface area contributed by atoms with E-state index in [4.69, 9.17) is 9.47 Å². The number of nitrogens with one attached hydrogen (secondary N) is 1. The lowest BCUT2D eigenvalue weighted by Gasteiger charge is -2.26. The van der Waals surface area contributed by atoms with Crippen molar-refractivity contribution >= 4 is 11.9 Å². The number of hydrogen-bond acceptors (Lipinski definition) is 5. The Morgan fingerprint density at radius 3 is 2.70 bits per heavy atom. The molecular weight excluding hydrogens is 382 g/mol. The number of aromatic nitrogens is 2. The molecule has 0 radical (unpaired) electrons. The van der Waals surface area contributed by atoms with Crippen LogP contribution in [0.25, 0.3) is 5.69 Å². The molecule has 7 nitrogen and oxygen atoms in total. The van der Waals surface area contributed by atoms with Crippen LogP contribution in [0.4, 0.5) is 0 Å². The summed E-state index contributed by atoms with van der Waals surface area (Å²) in [5.41, 5.74) is 3.19. The first-order chi connectivity index (χ1) is 14.7. The molecule has 1 aliphatic carbocycles. The fraction of sp³-hybridized carbons (Fsp3) is 0.261. The van der Waals surface area contributed by atoms with Crippen LogP contribution in [0.2, 0.25) is 0 Å². The van der Waals surface area contributed by atoms with Gasteiger partial charge >= 0.3 is 5.97 Å². The molecule has 0 aliphatic heterocycles. The fourth-order valence-electron chi connectivity index (χ4n) is 3.70. The molecule has 0 saturated carbocycles. The summed E-state index contributed by atoms with van der Waals surface area (Å²) in [6.45, 7) is -0.376. The van der Waals surface area contributed by atoms with Crippen molar-refractivity contribution in [2.45, 2.75) is 25.3 Å². The molecule has 4 rings (SSSR count). The van der Waals surface area contributed by atoms with Crippen LogP contribution in [0.5, 0.6) is 5.75 Å². The third-order valence-electron chi connectivity index (χ3n) is 5.15. The lowest BCUT2D eigenvalue weighted by Crippen LogP contribution is -2.34. The second-order valence-electron chi connectivity index (χ2n) is 7.11. The second-order valence-corrected chi connectivity index (χ2v) is 7.11. The summed E-state index contributed by atoms with van der Waals surface area (Å²) in [6, 6.07) is 17.4. The van der Waals surface area contributed by atoms with E-state index in [-0.39, 0.29) is 30.0 Å². The lowest BCUT2D eigenvalue weighted by molar-refractivity contribution is -0.125. The molecule has 7 heteroatoms. The average molecular weight is 405 g/mol. The molecule has 30 heavy (non-hydrogen) atoms. The topological polar surface area (TPSA) is 82.5 Å². The van der Waals surface area contributed by atoms with Crippen molar-refractivity contribution < 1.29 is 19.1 Å². The third kappa shape index (κ3) is 4.20. The number of methoxy groups -OCH3 is 1. The van der Waals surface area contributed by atoms with Gasteiger partial charge in [-0.1, -0.05) is 42.5 Å². The number of carbonyl (C=O) groups is 2. The molecule has 1 atom stereocenters. The Morgan fingerprint density at radius 1 is 1.13 bits per heavy atom.